The Morgan fingerprint density at radius 1 is 1.28 bits per heavy atom. The molecule has 0 amide bonds. The number of nitrogens with zero attached hydrogens (tertiary/aromatic N) is 1. The Morgan fingerprint density at radius 3 is 2.83 bits per heavy atom. The lowest BCUT2D eigenvalue weighted by atomic mass is 9.82. The van der Waals surface area contributed by atoms with Crippen molar-refractivity contribution >= 4 is 0 Å². The van der Waals surface area contributed by atoms with E-state index in [9.17, 15) is 0 Å². The van der Waals surface area contributed by atoms with Crippen molar-refractivity contribution in [3.05, 3.63) is 0 Å². The predicted molar refractivity (Wildman–Crippen MR) is 75.9 cm³/mol. The van der Waals surface area contributed by atoms with Crippen LogP contribution in [-0.2, 0) is 4.74 Å². The minimum Gasteiger partial charge on any atom is -0.377 e. The van der Waals surface area contributed by atoms with Gasteiger partial charge in [0.25, 0.3) is 0 Å². The molecule has 0 bridgehead atoms. The molecule has 0 radical (unpaired) electrons. The van der Waals surface area contributed by atoms with Gasteiger partial charge in [-0.15, -0.1) is 0 Å². The van der Waals surface area contributed by atoms with E-state index in [-0.39, 0.29) is 0 Å². The highest BCUT2D eigenvalue weighted by atomic mass is 16.5. The van der Waals surface area contributed by atoms with Crippen molar-refractivity contribution in [2.45, 2.75) is 64.1 Å². The molecule has 1 saturated heterocycles. The van der Waals surface area contributed by atoms with Crippen LogP contribution in [0, 0.1) is 5.92 Å². The lowest BCUT2D eigenvalue weighted by molar-refractivity contribution is -0.0212. The molecule has 0 spiro atoms. The maximum atomic E-state index is 5.84. The van der Waals surface area contributed by atoms with Crippen LogP contribution in [0.25, 0.3) is 0 Å². The maximum absolute atomic E-state index is 5.84. The van der Waals surface area contributed by atoms with Gasteiger partial charge in [0.2, 0.25) is 0 Å². The normalized spacial score (nSPS) is 38.8. The first-order valence-electron chi connectivity index (χ1n) is 7.77. The van der Waals surface area contributed by atoms with Crippen LogP contribution in [0.2, 0.25) is 0 Å². The summed E-state index contributed by atoms with van der Waals surface area (Å²) in [6.07, 6.45) is 7.08. The van der Waals surface area contributed by atoms with E-state index >= 15 is 0 Å². The highest BCUT2D eigenvalue weighted by molar-refractivity contribution is 4.91. The van der Waals surface area contributed by atoms with Gasteiger partial charge in [0, 0.05) is 25.2 Å². The number of likely N-dealkylation sites (N-methyl/N-ethyl adjacent to an activating group) is 1. The Labute approximate surface area is 112 Å². The summed E-state index contributed by atoms with van der Waals surface area (Å²) in [6.45, 7) is 7.78. The van der Waals surface area contributed by atoms with Crippen molar-refractivity contribution in [3.63, 3.8) is 0 Å². The number of likely N-dealkylation sites (tertiary alicyclic amines) is 1. The summed E-state index contributed by atoms with van der Waals surface area (Å²) in [5.74, 6) is 0.882. The quantitative estimate of drug-likeness (QED) is 0.833. The predicted octanol–water partition coefficient (Wildman–Crippen LogP) is 2.26. The molecule has 2 rings (SSSR count). The van der Waals surface area contributed by atoms with Crippen LogP contribution in [0.1, 0.15) is 46.0 Å². The van der Waals surface area contributed by atoms with E-state index in [2.05, 4.69) is 31.1 Å². The maximum Gasteiger partial charge on any atom is 0.0702 e. The number of rotatable bonds is 4. The summed E-state index contributed by atoms with van der Waals surface area (Å²) in [6, 6.07) is 1.41. The fraction of sp³-hybridized carbons (Fsp3) is 1.00. The number of hydrogen-bond donors (Lipinski definition) is 1. The average Bonchev–Trinajstić information content (AvgIpc) is 2.39. The average molecular weight is 254 g/mol. The summed E-state index contributed by atoms with van der Waals surface area (Å²) >= 11 is 0. The molecule has 1 N–H and O–H groups in total. The van der Waals surface area contributed by atoms with Gasteiger partial charge >= 0.3 is 0 Å². The summed E-state index contributed by atoms with van der Waals surface area (Å²) < 4.78 is 5.84. The molecular formula is C15H30N2O. The molecular weight excluding hydrogens is 224 g/mol. The first kappa shape index (κ1) is 14.3. The number of hydrogen-bond acceptors (Lipinski definition) is 3. The van der Waals surface area contributed by atoms with Gasteiger partial charge in [0.1, 0.15) is 0 Å². The van der Waals surface area contributed by atoms with E-state index in [4.69, 9.17) is 4.74 Å². The molecule has 3 nitrogen and oxygen atoms in total. The fourth-order valence-electron chi connectivity index (χ4n) is 3.73. The van der Waals surface area contributed by atoms with Crippen molar-refractivity contribution in [1.29, 1.82) is 0 Å². The summed E-state index contributed by atoms with van der Waals surface area (Å²) in [7, 11) is 2.12. The molecule has 18 heavy (non-hydrogen) atoms. The number of nitrogens with one attached hydrogen (secondary N) is 1. The Kier molecular flexibility index (Phi) is 5.46. The highest BCUT2D eigenvalue weighted by Crippen LogP contribution is 2.29. The van der Waals surface area contributed by atoms with Crippen molar-refractivity contribution < 1.29 is 4.74 Å². The molecule has 1 aliphatic heterocycles. The van der Waals surface area contributed by atoms with Crippen LogP contribution in [0.5, 0.6) is 0 Å². The van der Waals surface area contributed by atoms with Crippen molar-refractivity contribution in [1.82, 2.24) is 10.2 Å². The van der Waals surface area contributed by atoms with E-state index in [1.165, 1.54) is 38.6 Å². The lowest BCUT2D eigenvalue weighted by Gasteiger charge is -2.45. The first-order chi connectivity index (χ1) is 8.74. The smallest absolute Gasteiger partial charge is 0.0702 e. The second-order valence-electron chi connectivity index (χ2n) is 6.10. The molecule has 2 fully saturated rings. The van der Waals surface area contributed by atoms with Gasteiger partial charge in [-0.05, 0) is 58.5 Å². The zero-order valence-electron chi connectivity index (χ0n) is 12.3. The van der Waals surface area contributed by atoms with Crippen molar-refractivity contribution in [2.75, 3.05) is 26.7 Å². The van der Waals surface area contributed by atoms with Gasteiger partial charge in [-0.25, -0.2) is 0 Å². The van der Waals surface area contributed by atoms with Crippen LogP contribution in [0.15, 0.2) is 0 Å². The highest BCUT2D eigenvalue weighted by Gasteiger charge is 2.34. The summed E-state index contributed by atoms with van der Waals surface area (Å²) in [5.41, 5.74) is 0. The van der Waals surface area contributed by atoms with Gasteiger partial charge in [-0.3, -0.25) is 4.90 Å². The standard InChI is InChI=1S/C15H30N2O/c1-4-18-13-6-5-9-17(11-13)15-10-12(2)7-8-14(15)16-3/h12-16H,4-11H2,1-3H3. The summed E-state index contributed by atoms with van der Waals surface area (Å²) in [4.78, 5) is 2.70. The molecule has 1 aliphatic carbocycles. The monoisotopic (exact) mass is 254 g/mol. The third-order valence-corrected chi connectivity index (χ3v) is 4.73. The molecule has 4 atom stereocenters. The van der Waals surface area contributed by atoms with Crippen LogP contribution in [0.4, 0.5) is 0 Å². The lowest BCUT2D eigenvalue weighted by Crippen LogP contribution is -2.55. The molecule has 1 heterocycles. The minimum absolute atomic E-state index is 0.471. The van der Waals surface area contributed by atoms with Crippen LogP contribution in [-0.4, -0.2) is 49.8 Å². The van der Waals surface area contributed by atoms with Gasteiger partial charge in [-0.2, -0.15) is 0 Å². The third-order valence-electron chi connectivity index (χ3n) is 4.73. The Bertz CT molecular complexity index is 245. The molecule has 2 aliphatic rings. The van der Waals surface area contributed by atoms with E-state index in [0.29, 0.717) is 12.1 Å². The molecule has 3 heteroatoms. The number of ether oxygens (including phenoxy) is 1. The second kappa shape index (κ2) is 6.88. The molecule has 4 unspecified atom stereocenters. The van der Waals surface area contributed by atoms with E-state index < -0.39 is 0 Å². The second-order valence-corrected chi connectivity index (χ2v) is 6.10. The van der Waals surface area contributed by atoms with Crippen LogP contribution >= 0.6 is 0 Å². The van der Waals surface area contributed by atoms with Crippen molar-refractivity contribution in [3.8, 4) is 0 Å². The topological polar surface area (TPSA) is 24.5 Å². The molecule has 106 valence electrons. The molecule has 0 aromatic heterocycles. The Morgan fingerprint density at radius 2 is 2.11 bits per heavy atom. The minimum atomic E-state index is 0.471. The Balaban J connectivity index is 1.94. The zero-order chi connectivity index (χ0) is 13.0. The molecule has 0 aromatic rings. The van der Waals surface area contributed by atoms with Gasteiger partial charge < -0.3 is 10.1 Å². The summed E-state index contributed by atoms with van der Waals surface area (Å²) in [5, 5.41) is 3.54. The zero-order valence-corrected chi connectivity index (χ0v) is 12.3. The van der Waals surface area contributed by atoms with E-state index in [1.807, 2.05) is 0 Å². The van der Waals surface area contributed by atoms with Crippen molar-refractivity contribution in [2.24, 2.45) is 5.92 Å². The fourth-order valence-corrected chi connectivity index (χ4v) is 3.73. The van der Waals surface area contributed by atoms with Gasteiger partial charge in [-0.1, -0.05) is 6.92 Å². The third kappa shape index (κ3) is 3.46. The van der Waals surface area contributed by atoms with E-state index in [0.717, 1.165) is 25.1 Å². The van der Waals surface area contributed by atoms with Gasteiger partial charge in [0.05, 0.1) is 6.10 Å². The van der Waals surface area contributed by atoms with E-state index in [1.54, 1.807) is 0 Å². The SMILES string of the molecule is CCOC1CCCN(C2CC(C)CCC2NC)C1. The first-order valence-corrected chi connectivity index (χ1v) is 7.77. The van der Waals surface area contributed by atoms with Crippen LogP contribution in [0.3, 0.4) is 0 Å². The number of piperidine rings is 1. The largest absolute Gasteiger partial charge is 0.377 e. The molecule has 0 aromatic carbocycles. The van der Waals surface area contributed by atoms with Crippen LogP contribution < -0.4 is 5.32 Å². The Hall–Kier alpha value is -0.120. The van der Waals surface area contributed by atoms with Gasteiger partial charge in [0.15, 0.2) is 0 Å². The molecule has 1 saturated carbocycles.